The Bertz CT molecular complexity index is 1340. The van der Waals surface area contributed by atoms with Crippen molar-refractivity contribution in [3.8, 4) is 11.1 Å². The summed E-state index contributed by atoms with van der Waals surface area (Å²) in [7, 11) is 0. The van der Waals surface area contributed by atoms with Crippen molar-refractivity contribution >= 4 is 11.5 Å². The molecule has 1 fully saturated rings. The highest BCUT2D eigenvalue weighted by atomic mass is 15.4. The highest BCUT2D eigenvalue weighted by molar-refractivity contribution is 5.81. The molecular weight excluding hydrogens is 430 g/mol. The van der Waals surface area contributed by atoms with Crippen LogP contribution in [0.1, 0.15) is 48.8 Å². The van der Waals surface area contributed by atoms with E-state index >= 15 is 0 Å². The standard InChI is InChI=1S/C30H37N5/c1-21-12-13-25(22(2)18-21)20-33-14-16-34(17-15-33)27-19-26(30(4,5)6)31-29-28(23(3)32-35(27)29)24-10-8-7-9-11-24/h7-13,18-19H,14-17,20H2,1-6H3. The molecule has 0 aliphatic carbocycles. The van der Waals surface area contributed by atoms with Crippen molar-refractivity contribution in [3.63, 3.8) is 0 Å². The smallest absolute Gasteiger partial charge is 0.165 e. The number of rotatable bonds is 4. The van der Waals surface area contributed by atoms with Crippen LogP contribution in [0, 0.1) is 20.8 Å². The van der Waals surface area contributed by atoms with Gasteiger partial charge in [-0.25, -0.2) is 4.98 Å². The van der Waals surface area contributed by atoms with Crippen LogP contribution >= 0.6 is 0 Å². The van der Waals surface area contributed by atoms with E-state index in [0.717, 1.165) is 61.1 Å². The molecule has 5 rings (SSSR count). The first kappa shape index (κ1) is 23.6. The summed E-state index contributed by atoms with van der Waals surface area (Å²) in [5, 5.41) is 4.99. The Balaban J connectivity index is 1.47. The molecule has 0 bridgehead atoms. The Hall–Kier alpha value is -3.18. The third kappa shape index (κ3) is 4.70. The Morgan fingerprint density at radius 3 is 2.23 bits per heavy atom. The third-order valence-corrected chi connectivity index (χ3v) is 7.16. The van der Waals surface area contributed by atoms with E-state index in [-0.39, 0.29) is 5.41 Å². The molecule has 2 aromatic heterocycles. The predicted molar refractivity (Wildman–Crippen MR) is 145 cm³/mol. The maximum atomic E-state index is 5.15. The van der Waals surface area contributed by atoms with E-state index in [1.807, 2.05) is 0 Å². The second kappa shape index (κ2) is 9.12. The van der Waals surface area contributed by atoms with Crippen LogP contribution in [0.5, 0.6) is 0 Å². The summed E-state index contributed by atoms with van der Waals surface area (Å²) in [5.74, 6) is 1.15. The molecule has 0 atom stereocenters. The maximum Gasteiger partial charge on any atom is 0.165 e. The fourth-order valence-electron chi connectivity index (χ4n) is 5.06. The van der Waals surface area contributed by atoms with Gasteiger partial charge in [0.15, 0.2) is 5.65 Å². The quantitative estimate of drug-likeness (QED) is 0.372. The minimum Gasteiger partial charge on any atom is -0.354 e. The fourth-order valence-corrected chi connectivity index (χ4v) is 5.06. The van der Waals surface area contributed by atoms with E-state index < -0.39 is 0 Å². The topological polar surface area (TPSA) is 36.7 Å². The van der Waals surface area contributed by atoms with Gasteiger partial charge in [0.2, 0.25) is 0 Å². The lowest BCUT2D eigenvalue weighted by atomic mass is 9.91. The van der Waals surface area contributed by atoms with Gasteiger partial charge in [-0.1, -0.05) is 74.9 Å². The van der Waals surface area contributed by atoms with Crippen molar-refractivity contribution in [2.75, 3.05) is 31.1 Å². The van der Waals surface area contributed by atoms with E-state index in [2.05, 4.69) is 110 Å². The SMILES string of the molecule is Cc1ccc(CN2CCN(c3cc(C(C)(C)C)nc4c(-c5ccccc5)c(C)nn34)CC2)c(C)c1. The molecule has 0 spiro atoms. The van der Waals surface area contributed by atoms with Gasteiger partial charge in [0.05, 0.1) is 11.4 Å². The second-order valence-electron chi connectivity index (χ2n) is 11.0. The highest BCUT2D eigenvalue weighted by Crippen LogP contribution is 2.33. The van der Waals surface area contributed by atoms with Crippen molar-refractivity contribution in [3.05, 3.63) is 82.7 Å². The van der Waals surface area contributed by atoms with E-state index in [4.69, 9.17) is 10.1 Å². The number of aryl methyl sites for hydroxylation is 3. The molecule has 5 nitrogen and oxygen atoms in total. The molecule has 2 aromatic carbocycles. The molecule has 1 aliphatic heterocycles. The van der Waals surface area contributed by atoms with E-state index in [9.17, 15) is 0 Å². The Kier molecular flexibility index (Phi) is 6.14. The van der Waals surface area contributed by atoms with Crippen LogP contribution in [-0.4, -0.2) is 45.7 Å². The van der Waals surface area contributed by atoms with E-state index in [1.54, 1.807) is 0 Å². The van der Waals surface area contributed by atoms with Crippen LogP contribution in [0.25, 0.3) is 16.8 Å². The predicted octanol–water partition coefficient (Wildman–Crippen LogP) is 5.94. The number of nitrogens with zero attached hydrogens (tertiary/aromatic N) is 5. The third-order valence-electron chi connectivity index (χ3n) is 7.16. The zero-order chi connectivity index (χ0) is 24.7. The average Bonchev–Trinajstić information content (AvgIpc) is 3.16. The van der Waals surface area contributed by atoms with Crippen LogP contribution in [-0.2, 0) is 12.0 Å². The number of benzene rings is 2. The van der Waals surface area contributed by atoms with Gasteiger partial charge in [0.25, 0.3) is 0 Å². The second-order valence-corrected chi connectivity index (χ2v) is 11.0. The number of piperazine rings is 1. The van der Waals surface area contributed by atoms with Gasteiger partial charge in [0, 0.05) is 49.8 Å². The molecule has 0 radical (unpaired) electrons. The zero-order valence-electron chi connectivity index (χ0n) is 22.0. The molecule has 1 aliphatic rings. The minimum atomic E-state index is -0.0482. The molecule has 5 heteroatoms. The lowest BCUT2D eigenvalue weighted by molar-refractivity contribution is 0.248. The first-order valence-electron chi connectivity index (χ1n) is 12.7. The van der Waals surface area contributed by atoms with Crippen LogP contribution in [0.3, 0.4) is 0 Å². The zero-order valence-corrected chi connectivity index (χ0v) is 22.0. The summed E-state index contributed by atoms with van der Waals surface area (Å²) >= 11 is 0. The molecule has 0 saturated carbocycles. The van der Waals surface area contributed by atoms with Crippen LogP contribution in [0.15, 0.2) is 54.6 Å². The van der Waals surface area contributed by atoms with Gasteiger partial charge in [-0.3, -0.25) is 4.90 Å². The Morgan fingerprint density at radius 1 is 0.857 bits per heavy atom. The maximum absolute atomic E-state index is 5.15. The van der Waals surface area contributed by atoms with Crippen LogP contribution in [0.2, 0.25) is 0 Å². The molecule has 0 unspecified atom stereocenters. The minimum absolute atomic E-state index is 0.0482. The molecular formula is C30H37N5. The van der Waals surface area contributed by atoms with Gasteiger partial charge in [-0.15, -0.1) is 0 Å². The summed E-state index contributed by atoms with van der Waals surface area (Å²) in [6, 6.07) is 19.6. The summed E-state index contributed by atoms with van der Waals surface area (Å²) in [6.07, 6.45) is 0. The largest absolute Gasteiger partial charge is 0.354 e. The average molecular weight is 468 g/mol. The van der Waals surface area contributed by atoms with Crippen molar-refractivity contribution < 1.29 is 0 Å². The van der Waals surface area contributed by atoms with Crippen molar-refractivity contribution in [2.45, 2.75) is 53.5 Å². The van der Waals surface area contributed by atoms with Gasteiger partial charge in [-0.05, 0) is 37.5 Å². The van der Waals surface area contributed by atoms with Gasteiger partial charge >= 0.3 is 0 Å². The van der Waals surface area contributed by atoms with E-state index in [0.29, 0.717) is 0 Å². The first-order valence-corrected chi connectivity index (χ1v) is 12.7. The Labute approximate surface area is 209 Å². The summed E-state index contributed by atoms with van der Waals surface area (Å²) < 4.78 is 2.08. The van der Waals surface area contributed by atoms with Gasteiger partial charge in [0.1, 0.15) is 5.82 Å². The lowest BCUT2D eigenvalue weighted by Gasteiger charge is -2.36. The number of aromatic nitrogens is 3. The molecule has 35 heavy (non-hydrogen) atoms. The molecule has 0 amide bonds. The monoisotopic (exact) mass is 467 g/mol. The number of hydrogen-bond donors (Lipinski definition) is 0. The number of hydrogen-bond acceptors (Lipinski definition) is 4. The first-order chi connectivity index (χ1) is 16.7. The Morgan fingerprint density at radius 2 is 1.57 bits per heavy atom. The van der Waals surface area contributed by atoms with Crippen LogP contribution in [0.4, 0.5) is 5.82 Å². The molecule has 182 valence electrons. The lowest BCUT2D eigenvalue weighted by Crippen LogP contribution is -2.46. The molecule has 4 aromatic rings. The highest BCUT2D eigenvalue weighted by Gasteiger charge is 2.26. The van der Waals surface area contributed by atoms with E-state index in [1.165, 1.54) is 22.3 Å². The van der Waals surface area contributed by atoms with Crippen molar-refractivity contribution in [1.82, 2.24) is 19.5 Å². The summed E-state index contributed by atoms with van der Waals surface area (Å²) in [5.41, 5.74) is 9.48. The molecule has 1 saturated heterocycles. The van der Waals surface area contributed by atoms with Crippen molar-refractivity contribution in [1.29, 1.82) is 0 Å². The molecule has 0 N–H and O–H groups in total. The number of anilines is 1. The number of fused-ring (bicyclic) bond motifs is 1. The van der Waals surface area contributed by atoms with Crippen LogP contribution < -0.4 is 4.90 Å². The molecule has 3 heterocycles. The summed E-state index contributed by atoms with van der Waals surface area (Å²) in [4.78, 5) is 10.2. The van der Waals surface area contributed by atoms with Gasteiger partial charge in [-0.2, -0.15) is 9.61 Å². The van der Waals surface area contributed by atoms with Crippen molar-refractivity contribution in [2.24, 2.45) is 0 Å². The normalized spacial score (nSPS) is 15.2. The fraction of sp³-hybridized carbons (Fsp3) is 0.400. The summed E-state index contributed by atoms with van der Waals surface area (Å²) in [6.45, 7) is 18.2. The van der Waals surface area contributed by atoms with Gasteiger partial charge < -0.3 is 4.90 Å².